The molecule has 1 aromatic carbocycles. The average molecular weight is 288 g/mol. The van der Waals surface area contributed by atoms with Gasteiger partial charge in [-0.2, -0.15) is 0 Å². The molecule has 0 spiro atoms. The molecule has 1 heterocycles. The normalized spacial score (nSPS) is 16.8. The third-order valence-electron chi connectivity index (χ3n) is 2.64. The van der Waals surface area contributed by atoms with Crippen molar-refractivity contribution >= 4 is 11.6 Å². The van der Waals surface area contributed by atoms with Gasteiger partial charge in [0.05, 0.1) is 6.04 Å². The van der Waals surface area contributed by atoms with E-state index in [-0.39, 0.29) is 11.5 Å². The van der Waals surface area contributed by atoms with E-state index in [0.717, 1.165) is 0 Å². The fourth-order valence-corrected chi connectivity index (χ4v) is 1.64. The lowest BCUT2D eigenvalue weighted by atomic mass is 10.2. The number of rotatable bonds is 5. The molecule has 0 radical (unpaired) electrons. The molecule has 2 rings (SSSR count). The van der Waals surface area contributed by atoms with Gasteiger partial charge in [-0.15, -0.1) is 8.78 Å². The minimum absolute atomic E-state index is 0.0864. The number of halogens is 2. The molecule has 0 aromatic heterocycles. The maximum absolute atomic E-state index is 12.8. The van der Waals surface area contributed by atoms with Gasteiger partial charge in [-0.05, 0) is 18.6 Å². The minimum atomic E-state index is -3.68. The number of alkyl halides is 2. The fourth-order valence-electron chi connectivity index (χ4n) is 1.64. The highest BCUT2D eigenvalue weighted by Crippen LogP contribution is 2.42. The number of anilines is 1. The number of methoxy groups -OCH3 is 1. The summed E-state index contributed by atoms with van der Waals surface area (Å²) in [6, 6.07) is 3.20. The molecule has 110 valence electrons. The Balaban J connectivity index is 2.00. The quantitative estimate of drug-likeness (QED) is 0.853. The van der Waals surface area contributed by atoms with Gasteiger partial charge in [-0.3, -0.25) is 4.79 Å². The van der Waals surface area contributed by atoms with Crippen LogP contribution in [-0.4, -0.2) is 32.0 Å². The van der Waals surface area contributed by atoms with Gasteiger partial charge in [0.1, 0.15) is 0 Å². The zero-order valence-corrected chi connectivity index (χ0v) is 10.7. The second-order valence-corrected chi connectivity index (χ2v) is 4.21. The summed E-state index contributed by atoms with van der Waals surface area (Å²) in [6.45, 7) is 0.349. The predicted octanol–water partition coefficient (Wildman–Crippen LogP) is 1.31. The maximum atomic E-state index is 12.8. The van der Waals surface area contributed by atoms with Crippen molar-refractivity contribution in [3.05, 3.63) is 18.2 Å². The Kier molecular flexibility index (Phi) is 4.05. The van der Waals surface area contributed by atoms with Gasteiger partial charge in [-0.25, -0.2) is 0 Å². The number of amides is 1. The molecule has 1 unspecified atom stereocenters. The smallest absolute Gasteiger partial charge is 0.395 e. The average Bonchev–Trinajstić information content (AvgIpc) is 2.68. The minimum Gasteiger partial charge on any atom is -0.395 e. The fraction of sp³-hybridized carbons (Fsp3) is 0.417. The van der Waals surface area contributed by atoms with Crippen LogP contribution >= 0.6 is 0 Å². The van der Waals surface area contributed by atoms with Crippen molar-refractivity contribution < 1.29 is 27.8 Å². The van der Waals surface area contributed by atoms with Gasteiger partial charge >= 0.3 is 6.29 Å². The van der Waals surface area contributed by atoms with E-state index in [2.05, 4.69) is 14.8 Å². The van der Waals surface area contributed by atoms with E-state index in [0.29, 0.717) is 18.7 Å². The summed E-state index contributed by atoms with van der Waals surface area (Å²) in [5.41, 5.74) is 5.93. The summed E-state index contributed by atoms with van der Waals surface area (Å²) >= 11 is 0. The van der Waals surface area contributed by atoms with Crippen LogP contribution in [0.1, 0.15) is 6.42 Å². The summed E-state index contributed by atoms with van der Waals surface area (Å²) in [4.78, 5) is 11.7. The molecule has 6 nitrogen and oxygen atoms in total. The van der Waals surface area contributed by atoms with Gasteiger partial charge in [0.25, 0.3) is 0 Å². The number of fused-ring (bicyclic) bond motifs is 1. The van der Waals surface area contributed by atoms with Crippen molar-refractivity contribution in [2.75, 3.05) is 19.0 Å². The lowest BCUT2D eigenvalue weighted by molar-refractivity contribution is -0.286. The highest BCUT2D eigenvalue weighted by atomic mass is 19.3. The first-order chi connectivity index (χ1) is 9.41. The van der Waals surface area contributed by atoms with Crippen molar-refractivity contribution in [3.63, 3.8) is 0 Å². The molecule has 1 atom stereocenters. The summed E-state index contributed by atoms with van der Waals surface area (Å²) < 4.78 is 39.0. The van der Waals surface area contributed by atoms with Crippen LogP contribution in [0.15, 0.2) is 18.2 Å². The molecule has 0 aliphatic carbocycles. The predicted molar refractivity (Wildman–Crippen MR) is 65.7 cm³/mol. The van der Waals surface area contributed by atoms with E-state index in [1.165, 1.54) is 25.3 Å². The summed E-state index contributed by atoms with van der Waals surface area (Å²) in [6.07, 6.45) is -3.33. The van der Waals surface area contributed by atoms with Crippen LogP contribution in [0, 0.1) is 0 Å². The molecule has 20 heavy (non-hydrogen) atoms. The van der Waals surface area contributed by atoms with Crippen LogP contribution in [-0.2, 0) is 9.53 Å². The molecule has 1 aliphatic rings. The van der Waals surface area contributed by atoms with E-state index in [1.54, 1.807) is 0 Å². The number of hydrogen-bond donors (Lipinski definition) is 2. The molecule has 0 saturated carbocycles. The Morgan fingerprint density at radius 2 is 2.15 bits per heavy atom. The van der Waals surface area contributed by atoms with Gasteiger partial charge in [0, 0.05) is 25.5 Å². The SMILES string of the molecule is COCCC(N)C(=O)Nc1ccc2c(c1)OC(F)(F)O2. The first kappa shape index (κ1) is 14.5. The second kappa shape index (κ2) is 5.59. The Labute approximate surface area is 113 Å². The number of nitrogens with one attached hydrogen (secondary N) is 1. The van der Waals surface area contributed by atoms with Crippen molar-refractivity contribution in [3.8, 4) is 11.5 Å². The molecular weight excluding hydrogens is 274 g/mol. The maximum Gasteiger partial charge on any atom is 0.586 e. The molecule has 1 aliphatic heterocycles. The number of benzene rings is 1. The number of carbonyl (C=O) groups excluding carboxylic acids is 1. The Hall–Kier alpha value is -1.93. The molecule has 0 bridgehead atoms. The Morgan fingerprint density at radius 1 is 1.45 bits per heavy atom. The highest BCUT2D eigenvalue weighted by Gasteiger charge is 2.43. The number of nitrogens with two attached hydrogens (primary N) is 1. The van der Waals surface area contributed by atoms with Gasteiger partial charge < -0.3 is 25.3 Å². The summed E-state index contributed by atoms with van der Waals surface area (Å²) in [5, 5.41) is 2.51. The zero-order chi connectivity index (χ0) is 14.8. The third-order valence-corrected chi connectivity index (χ3v) is 2.64. The molecule has 3 N–H and O–H groups in total. The van der Waals surface area contributed by atoms with E-state index in [4.69, 9.17) is 10.5 Å². The van der Waals surface area contributed by atoms with Gasteiger partial charge in [0.15, 0.2) is 11.5 Å². The number of hydrogen-bond acceptors (Lipinski definition) is 5. The van der Waals surface area contributed by atoms with Crippen molar-refractivity contribution in [2.24, 2.45) is 5.73 Å². The van der Waals surface area contributed by atoms with Crippen LogP contribution in [0.3, 0.4) is 0 Å². The largest absolute Gasteiger partial charge is 0.586 e. The standard InChI is InChI=1S/C12H14F2N2O4/c1-18-5-4-8(15)11(17)16-7-2-3-9-10(6-7)20-12(13,14)19-9/h2-3,6,8H,4-5,15H2,1H3,(H,16,17). The Bertz CT molecular complexity index is 510. The molecule has 1 amide bonds. The second-order valence-electron chi connectivity index (χ2n) is 4.21. The topological polar surface area (TPSA) is 82.8 Å². The lowest BCUT2D eigenvalue weighted by Gasteiger charge is -2.11. The van der Waals surface area contributed by atoms with Crippen molar-refractivity contribution in [1.29, 1.82) is 0 Å². The van der Waals surface area contributed by atoms with Crippen LogP contribution in [0.25, 0.3) is 0 Å². The van der Waals surface area contributed by atoms with Crippen LogP contribution in [0.5, 0.6) is 11.5 Å². The van der Waals surface area contributed by atoms with E-state index in [1.807, 2.05) is 0 Å². The van der Waals surface area contributed by atoms with E-state index in [9.17, 15) is 13.6 Å². The third kappa shape index (κ3) is 3.34. The molecule has 1 aromatic rings. The monoisotopic (exact) mass is 288 g/mol. The first-order valence-electron chi connectivity index (χ1n) is 5.86. The zero-order valence-electron chi connectivity index (χ0n) is 10.7. The van der Waals surface area contributed by atoms with Crippen LogP contribution < -0.4 is 20.5 Å². The van der Waals surface area contributed by atoms with Crippen molar-refractivity contribution in [2.45, 2.75) is 18.8 Å². The molecular formula is C12H14F2N2O4. The summed E-state index contributed by atoms with van der Waals surface area (Å²) in [5.74, 6) is -0.664. The van der Waals surface area contributed by atoms with Gasteiger partial charge in [0.2, 0.25) is 5.91 Å². The highest BCUT2D eigenvalue weighted by molar-refractivity contribution is 5.94. The number of carbonyl (C=O) groups is 1. The first-order valence-corrected chi connectivity index (χ1v) is 5.86. The Morgan fingerprint density at radius 3 is 2.85 bits per heavy atom. The van der Waals surface area contributed by atoms with E-state index >= 15 is 0 Å². The molecule has 0 saturated heterocycles. The van der Waals surface area contributed by atoms with Gasteiger partial charge in [-0.1, -0.05) is 0 Å². The molecule has 0 fully saturated rings. The molecule has 8 heteroatoms. The lowest BCUT2D eigenvalue weighted by Crippen LogP contribution is -2.36. The van der Waals surface area contributed by atoms with Crippen LogP contribution in [0.4, 0.5) is 14.5 Å². The van der Waals surface area contributed by atoms with E-state index < -0.39 is 18.2 Å². The van der Waals surface area contributed by atoms with Crippen LogP contribution in [0.2, 0.25) is 0 Å². The van der Waals surface area contributed by atoms with Crippen molar-refractivity contribution in [1.82, 2.24) is 0 Å². The number of ether oxygens (including phenoxy) is 3. The summed E-state index contributed by atoms with van der Waals surface area (Å²) in [7, 11) is 1.50.